The minimum atomic E-state index is 0.0438. The van der Waals surface area contributed by atoms with Gasteiger partial charge in [0.15, 0.2) is 0 Å². The average Bonchev–Trinajstić information content (AvgIpc) is 3.04. The van der Waals surface area contributed by atoms with Gasteiger partial charge in [0.05, 0.1) is 18.0 Å². The zero-order chi connectivity index (χ0) is 17.5. The molecule has 0 fully saturated rings. The molecule has 2 aromatic carbocycles. The van der Waals surface area contributed by atoms with Gasteiger partial charge in [0.2, 0.25) is 5.91 Å². The van der Waals surface area contributed by atoms with Crippen LogP contribution in [0.4, 0.5) is 0 Å². The van der Waals surface area contributed by atoms with E-state index in [0.717, 1.165) is 16.8 Å². The van der Waals surface area contributed by atoms with Gasteiger partial charge in [0.1, 0.15) is 0 Å². The van der Waals surface area contributed by atoms with E-state index < -0.39 is 0 Å². The third-order valence-electron chi connectivity index (χ3n) is 3.82. The Morgan fingerprint density at radius 3 is 2.44 bits per heavy atom. The molecule has 0 atom stereocenters. The molecule has 1 amide bonds. The Kier molecular flexibility index (Phi) is 5.90. The zero-order valence-electron chi connectivity index (χ0n) is 14.2. The number of carbonyl (C=O) groups is 1. The van der Waals surface area contributed by atoms with Gasteiger partial charge >= 0.3 is 0 Å². The van der Waals surface area contributed by atoms with Gasteiger partial charge in [-0.25, -0.2) is 0 Å². The molecule has 1 N–H and O–H groups in total. The van der Waals surface area contributed by atoms with Gasteiger partial charge in [-0.05, 0) is 11.8 Å². The fourth-order valence-electron chi connectivity index (χ4n) is 2.66. The topological polar surface area (TPSA) is 46.9 Å². The summed E-state index contributed by atoms with van der Waals surface area (Å²) in [5.41, 5.74) is 4.20. The Morgan fingerprint density at radius 2 is 1.76 bits per heavy atom. The predicted molar refractivity (Wildman–Crippen MR) is 103 cm³/mol. The van der Waals surface area contributed by atoms with Crippen molar-refractivity contribution in [1.82, 2.24) is 15.1 Å². The van der Waals surface area contributed by atoms with Crippen LogP contribution in [0.25, 0.3) is 11.3 Å². The molecular formula is C20H21N3OS. The molecule has 5 heteroatoms. The van der Waals surface area contributed by atoms with E-state index in [-0.39, 0.29) is 5.91 Å². The summed E-state index contributed by atoms with van der Waals surface area (Å²) >= 11 is 1.52. The second-order valence-electron chi connectivity index (χ2n) is 5.76. The Balaban J connectivity index is 1.84. The van der Waals surface area contributed by atoms with Crippen LogP contribution in [0.1, 0.15) is 11.1 Å². The number of nitrogens with zero attached hydrogens (tertiary/aromatic N) is 2. The minimum Gasteiger partial charge on any atom is -0.351 e. The van der Waals surface area contributed by atoms with Crippen LogP contribution in [-0.4, -0.2) is 27.7 Å². The smallest absolute Gasteiger partial charge is 0.230 e. The van der Waals surface area contributed by atoms with Crippen LogP contribution in [0.2, 0.25) is 0 Å². The van der Waals surface area contributed by atoms with Gasteiger partial charge in [0.25, 0.3) is 0 Å². The quantitative estimate of drug-likeness (QED) is 0.708. The molecule has 1 heterocycles. The van der Waals surface area contributed by atoms with E-state index in [1.165, 1.54) is 17.3 Å². The van der Waals surface area contributed by atoms with Crippen molar-refractivity contribution in [2.45, 2.75) is 13.1 Å². The van der Waals surface area contributed by atoms with Crippen molar-refractivity contribution in [2.24, 2.45) is 0 Å². The maximum atomic E-state index is 11.8. The summed E-state index contributed by atoms with van der Waals surface area (Å²) < 4.78 is 1.94. The van der Waals surface area contributed by atoms with Crippen LogP contribution >= 0.6 is 11.8 Å². The first-order valence-corrected chi connectivity index (χ1v) is 9.57. The predicted octanol–water partition coefficient (Wildman–Crippen LogP) is 3.58. The van der Waals surface area contributed by atoms with Crippen molar-refractivity contribution in [2.75, 3.05) is 12.0 Å². The summed E-state index contributed by atoms with van der Waals surface area (Å²) in [4.78, 5) is 11.8. The summed E-state index contributed by atoms with van der Waals surface area (Å²) in [5, 5.41) is 7.73. The molecule has 0 spiro atoms. The first-order chi connectivity index (χ1) is 12.3. The number of carbonyl (C=O) groups excluding carboxylic acids is 1. The molecule has 0 saturated heterocycles. The maximum absolute atomic E-state index is 11.8. The van der Waals surface area contributed by atoms with E-state index in [1.54, 1.807) is 0 Å². The molecule has 4 nitrogen and oxygen atoms in total. The van der Waals surface area contributed by atoms with Crippen LogP contribution in [0.3, 0.4) is 0 Å². The summed E-state index contributed by atoms with van der Waals surface area (Å²) in [7, 11) is 0. The molecule has 0 unspecified atom stereocenters. The number of aromatic nitrogens is 2. The van der Waals surface area contributed by atoms with Gasteiger partial charge in [-0.15, -0.1) is 0 Å². The van der Waals surface area contributed by atoms with Crippen LogP contribution in [0.5, 0.6) is 0 Å². The monoisotopic (exact) mass is 351 g/mol. The fraction of sp³-hybridized carbons (Fsp3) is 0.200. The number of thioether (sulfide) groups is 1. The van der Waals surface area contributed by atoms with Crippen molar-refractivity contribution in [3.63, 3.8) is 0 Å². The first-order valence-electron chi connectivity index (χ1n) is 8.17. The summed E-state index contributed by atoms with van der Waals surface area (Å²) in [6.07, 6.45) is 3.95. The highest BCUT2D eigenvalue weighted by Gasteiger charge is 2.12. The number of hydrogen-bond donors (Lipinski definition) is 1. The first kappa shape index (κ1) is 17.3. The van der Waals surface area contributed by atoms with Crippen molar-refractivity contribution in [3.05, 3.63) is 78.0 Å². The Labute approximate surface area is 152 Å². The molecule has 0 radical (unpaired) electrons. The lowest BCUT2D eigenvalue weighted by Gasteiger charge is -2.04. The molecule has 0 aliphatic rings. The Bertz CT molecular complexity index is 815. The molecule has 1 aromatic heterocycles. The lowest BCUT2D eigenvalue weighted by atomic mass is 10.1. The number of benzene rings is 2. The molecule has 3 rings (SSSR count). The second kappa shape index (κ2) is 8.53. The van der Waals surface area contributed by atoms with Gasteiger partial charge in [-0.1, -0.05) is 60.7 Å². The molecule has 0 bridgehead atoms. The van der Waals surface area contributed by atoms with Gasteiger partial charge < -0.3 is 5.32 Å². The summed E-state index contributed by atoms with van der Waals surface area (Å²) in [6, 6.07) is 20.3. The van der Waals surface area contributed by atoms with E-state index in [2.05, 4.69) is 17.4 Å². The maximum Gasteiger partial charge on any atom is 0.230 e. The normalized spacial score (nSPS) is 10.6. The lowest BCUT2D eigenvalue weighted by molar-refractivity contribution is -0.118. The van der Waals surface area contributed by atoms with E-state index in [9.17, 15) is 4.79 Å². The van der Waals surface area contributed by atoms with Crippen molar-refractivity contribution in [1.29, 1.82) is 0 Å². The highest BCUT2D eigenvalue weighted by atomic mass is 32.2. The number of hydrogen-bond acceptors (Lipinski definition) is 3. The Hall–Kier alpha value is -2.53. The largest absolute Gasteiger partial charge is 0.351 e. The van der Waals surface area contributed by atoms with E-state index in [0.29, 0.717) is 18.8 Å². The van der Waals surface area contributed by atoms with E-state index in [1.807, 2.05) is 65.7 Å². The molecule has 25 heavy (non-hydrogen) atoms. The van der Waals surface area contributed by atoms with Gasteiger partial charge in [-0.3, -0.25) is 9.48 Å². The minimum absolute atomic E-state index is 0.0438. The van der Waals surface area contributed by atoms with E-state index >= 15 is 0 Å². The third-order valence-corrected chi connectivity index (χ3v) is 4.37. The number of nitrogens with one attached hydrogen (secondary N) is 1. The number of amides is 1. The van der Waals surface area contributed by atoms with Crippen molar-refractivity contribution < 1.29 is 4.79 Å². The van der Waals surface area contributed by atoms with Gasteiger partial charge in [0, 0.05) is 23.9 Å². The van der Waals surface area contributed by atoms with Crippen molar-refractivity contribution in [3.8, 4) is 11.3 Å². The second-order valence-corrected chi connectivity index (χ2v) is 6.63. The summed E-state index contributed by atoms with van der Waals surface area (Å²) in [5.74, 6) is 0.515. The van der Waals surface area contributed by atoms with Crippen LogP contribution in [0, 0.1) is 0 Å². The van der Waals surface area contributed by atoms with E-state index in [4.69, 9.17) is 5.10 Å². The molecule has 0 saturated carbocycles. The van der Waals surface area contributed by atoms with Crippen molar-refractivity contribution >= 4 is 17.7 Å². The Morgan fingerprint density at radius 1 is 1.08 bits per heavy atom. The molecule has 128 valence electrons. The third kappa shape index (κ3) is 4.73. The molecule has 3 aromatic rings. The van der Waals surface area contributed by atoms with Crippen LogP contribution in [0.15, 0.2) is 66.9 Å². The van der Waals surface area contributed by atoms with Crippen LogP contribution < -0.4 is 5.32 Å². The van der Waals surface area contributed by atoms with Crippen LogP contribution in [-0.2, 0) is 17.9 Å². The molecule has 0 aliphatic heterocycles. The summed E-state index contributed by atoms with van der Waals surface area (Å²) in [6.45, 7) is 1.19. The molecule has 0 aliphatic carbocycles. The number of rotatable bonds is 7. The standard InChI is InChI=1S/C20H21N3OS/c1-25-15-19(24)21-12-18-14-23(13-16-8-4-2-5-9-16)22-20(18)17-10-6-3-7-11-17/h2-11,14H,12-13,15H2,1H3,(H,21,24). The van der Waals surface area contributed by atoms with Gasteiger partial charge in [-0.2, -0.15) is 16.9 Å². The highest BCUT2D eigenvalue weighted by Crippen LogP contribution is 2.22. The molecular weight excluding hydrogens is 330 g/mol. The average molecular weight is 351 g/mol. The lowest BCUT2D eigenvalue weighted by Crippen LogP contribution is -2.24. The zero-order valence-corrected chi connectivity index (χ0v) is 15.0. The highest BCUT2D eigenvalue weighted by molar-refractivity contribution is 7.99. The fourth-order valence-corrected chi connectivity index (χ4v) is 3.02. The SMILES string of the molecule is CSCC(=O)NCc1cn(Cc2ccccc2)nc1-c1ccccc1.